The second-order valence-corrected chi connectivity index (χ2v) is 7.94. The third-order valence-corrected chi connectivity index (χ3v) is 5.08. The molecule has 0 spiro atoms. The Morgan fingerprint density at radius 3 is 2.39 bits per heavy atom. The van der Waals surface area contributed by atoms with Crippen LogP contribution in [0, 0.1) is 5.92 Å². The summed E-state index contributed by atoms with van der Waals surface area (Å²) >= 11 is 0. The number of carbonyl (C=O) groups excluding carboxylic acids is 2. The predicted molar refractivity (Wildman–Crippen MR) is 122 cm³/mol. The molecule has 1 aliphatic carbocycles. The lowest BCUT2D eigenvalue weighted by atomic mass is 10.1. The first-order valence-electron chi connectivity index (χ1n) is 11.1. The molecule has 2 N–H and O–H groups in total. The molecule has 31 heavy (non-hydrogen) atoms. The molecule has 0 heterocycles. The maximum absolute atomic E-state index is 12.8. The van der Waals surface area contributed by atoms with E-state index in [0.717, 1.165) is 37.0 Å². The number of carbonyl (C=O) groups is 2. The molecule has 0 aromatic heterocycles. The number of rotatable bonds is 11. The summed E-state index contributed by atoms with van der Waals surface area (Å²) < 4.78 is 11.7. The molecule has 1 unspecified atom stereocenters. The van der Waals surface area contributed by atoms with Crippen molar-refractivity contribution in [2.75, 3.05) is 18.5 Å². The van der Waals surface area contributed by atoms with Crippen LogP contribution >= 0.6 is 0 Å². The fraction of sp³-hybridized carbons (Fsp3) is 0.440. The van der Waals surface area contributed by atoms with Crippen molar-refractivity contribution in [2.45, 2.75) is 52.5 Å². The average Bonchev–Trinajstić information content (AvgIpc) is 3.62. The highest BCUT2D eigenvalue weighted by Crippen LogP contribution is 2.32. The normalized spacial score (nSPS) is 13.9. The van der Waals surface area contributed by atoms with E-state index in [4.69, 9.17) is 9.47 Å². The Kier molecular flexibility index (Phi) is 7.93. The number of hydrogen-bond acceptors (Lipinski definition) is 4. The van der Waals surface area contributed by atoms with Gasteiger partial charge in [-0.3, -0.25) is 9.59 Å². The van der Waals surface area contributed by atoms with Crippen molar-refractivity contribution >= 4 is 17.5 Å². The zero-order valence-electron chi connectivity index (χ0n) is 18.6. The van der Waals surface area contributed by atoms with Gasteiger partial charge in [-0.05, 0) is 68.5 Å². The summed E-state index contributed by atoms with van der Waals surface area (Å²) in [7, 11) is 0. The van der Waals surface area contributed by atoms with Crippen molar-refractivity contribution in [3.05, 3.63) is 53.6 Å². The highest BCUT2D eigenvalue weighted by Gasteiger charge is 2.29. The van der Waals surface area contributed by atoms with Crippen molar-refractivity contribution in [1.82, 2.24) is 5.32 Å². The third-order valence-electron chi connectivity index (χ3n) is 5.08. The smallest absolute Gasteiger partial charge is 0.251 e. The molecule has 1 atom stereocenters. The standard InChI is InChI=1S/C25H32N2O4/c1-4-13-30-22-12-11-19(16-23(22)31-14-5-2)17(3)26-25(29)20-7-6-8-21(15-20)27-24(28)18-9-10-18/h6-8,11-12,15-18H,4-5,9-10,13-14H2,1-3H3,(H,26,29)(H,27,28). The molecular formula is C25H32N2O4. The monoisotopic (exact) mass is 424 g/mol. The van der Waals surface area contributed by atoms with Crippen molar-refractivity contribution in [1.29, 1.82) is 0 Å². The summed E-state index contributed by atoms with van der Waals surface area (Å²) in [4.78, 5) is 24.8. The van der Waals surface area contributed by atoms with Gasteiger partial charge in [-0.15, -0.1) is 0 Å². The SMILES string of the molecule is CCCOc1ccc(C(C)NC(=O)c2cccc(NC(=O)C3CC3)c2)cc1OCCC. The molecule has 2 aromatic rings. The van der Waals surface area contributed by atoms with Crippen LogP contribution < -0.4 is 20.1 Å². The van der Waals surface area contributed by atoms with Gasteiger partial charge in [0.2, 0.25) is 5.91 Å². The zero-order valence-corrected chi connectivity index (χ0v) is 18.6. The lowest BCUT2D eigenvalue weighted by Gasteiger charge is -2.18. The van der Waals surface area contributed by atoms with Gasteiger partial charge >= 0.3 is 0 Å². The molecule has 0 radical (unpaired) electrons. The minimum atomic E-state index is -0.221. The first-order chi connectivity index (χ1) is 15.0. The molecule has 3 rings (SSSR count). The van der Waals surface area contributed by atoms with Gasteiger partial charge in [-0.2, -0.15) is 0 Å². The molecule has 1 aliphatic rings. The summed E-state index contributed by atoms with van der Waals surface area (Å²) in [6.07, 6.45) is 3.70. The molecule has 0 saturated heterocycles. The number of benzene rings is 2. The van der Waals surface area contributed by atoms with E-state index in [-0.39, 0.29) is 23.8 Å². The first-order valence-corrected chi connectivity index (χ1v) is 11.1. The van der Waals surface area contributed by atoms with E-state index in [2.05, 4.69) is 24.5 Å². The van der Waals surface area contributed by atoms with Crippen LogP contribution in [0.15, 0.2) is 42.5 Å². The topological polar surface area (TPSA) is 76.7 Å². The molecule has 2 amide bonds. The van der Waals surface area contributed by atoms with Crippen LogP contribution in [0.4, 0.5) is 5.69 Å². The Bertz CT molecular complexity index is 908. The van der Waals surface area contributed by atoms with Crippen LogP contribution in [0.25, 0.3) is 0 Å². The van der Waals surface area contributed by atoms with E-state index in [9.17, 15) is 9.59 Å². The third kappa shape index (κ3) is 6.48. The number of amides is 2. The second-order valence-electron chi connectivity index (χ2n) is 7.94. The molecule has 2 aromatic carbocycles. The second kappa shape index (κ2) is 10.8. The van der Waals surface area contributed by atoms with Crippen molar-refractivity contribution in [3.8, 4) is 11.5 Å². The van der Waals surface area contributed by atoms with Crippen molar-refractivity contribution in [3.63, 3.8) is 0 Å². The highest BCUT2D eigenvalue weighted by atomic mass is 16.5. The number of anilines is 1. The van der Waals surface area contributed by atoms with Crippen LogP contribution in [-0.2, 0) is 4.79 Å². The minimum absolute atomic E-state index is 0.0240. The van der Waals surface area contributed by atoms with Gasteiger partial charge in [0.05, 0.1) is 19.3 Å². The molecule has 6 heteroatoms. The van der Waals surface area contributed by atoms with E-state index in [1.807, 2.05) is 25.1 Å². The molecule has 0 bridgehead atoms. The van der Waals surface area contributed by atoms with E-state index >= 15 is 0 Å². The molecule has 0 aliphatic heterocycles. The number of hydrogen-bond donors (Lipinski definition) is 2. The van der Waals surface area contributed by atoms with Crippen LogP contribution in [0.3, 0.4) is 0 Å². The van der Waals surface area contributed by atoms with Crippen LogP contribution in [0.1, 0.15) is 68.4 Å². The zero-order chi connectivity index (χ0) is 22.2. The van der Waals surface area contributed by atoms with Crippen molar-refractivity contribution < 1.29 is 19.1 Å². The molecule has 1 fully saturated rings. The van der Waals surface area contributed by atoms with E-state index < -0.39 is 0 Å². The Hall–Kier alpha value is -3.02. The van der Waals surface area contributed by atoms with Crippen LogP contribution in [-0.4, -0.2) is 25.0 Å². The Morgan fingerprint density at radius 1 is 1.00 bits per heavy atom. The Morgan fingerprint density at radius 2 is 1.71 bits per heavy atom. The molecular weight excluding hydrogens is 392 g/mol. The maximum atomic E-state index is 12.8. The summed E-state index contributed by atoms with van der Waals surface area (Å²) in [6.45, 7) is 7.28. The Labute approximate surface area is 184 Å². The molecule has 6 nitrogen and oxygen atoms in total. The minimum Gasteiger partial charge on any atom is -0.490 e. The van der Waals surface area contributed by atoms with Gasteiger partial charge in [0.25, 0.3) is 5.91 Å². The largest absolute Gasteiger partial charge is 0.490 e. The fourth-order valence-corrected chi connectivity index (χ4v) is 3.14. The summed E-state index contributed by atoms with van der Waals surface area (Å²) in [5.41, 5.74) is 2.08. The number of ether oxygens (including phenoxy) is 2. The number of nitrogens with one attached hydrogen (secondary N) is 2. The lowest BCUT2D eigenvalue weighted by Crippen LogP contribution is -2.26. The maximum Gasteiger partial charge on any atom is 0.251 e. The van der Waals surface area contributed by atoms with Gasteiger partial charge in [0.15, 0.2) is 11.5 Å². The predicted octanol–water partition coefficient (Wildman–Crippen LogP) is 5.10. The van der Waals surface area contributed by atoms with Crippen LogP contribution in [0.5, 0.6) is 11.5 Å². The van der Waals surface area contributed by atoms with Gasteiger partial charge in [0, 0.05) is 17.2 Å². The first kappa shape index (κ1) is 22.7. The van der Waals surface area contributed by atoms with E-state index in [1.54, 1.807) is 24.3 Å². The van der Waals surface area contributed by atoms with Gasteiger partial charge in [-0.25, -0.2) is 0 Å². The van der Waals surface area contributed by atoms with Gasteiger partial charge < -0.3 is 20.1 Å². The summed E-state index contributed by atoms with van der Waals surface area (Å²) in [5.74, 6) is 1.36. The highest BCUT2D eigenvalue weighted by molar-refractivity contribution is 5.98. The summed E-state index contributed by atoms with van der Waals surface area (Å²) in [5, 5.41) is 5.91. The molecule has 166 valence electrons. The summed E-state index contributed by atoms with van der Waals surface area (Å²) in [6, 6.07) is 12.6. The average molecular weight is 425 g/mol. The lowest BCUT2D eigenvalue weighted by molar-refractivity contribution is -0.117. The Balaban J connectivity index is 1.67. The quantitative estimate of drug-likeness (QED) is 0.526. The fourth-order valence-electron chi connectivity index (χ4n) is 3.14. The van der Waals surface area contributed by atoms with Gasteiger partial charge in [0.1, 0.15) is 0 Å². The van der Waals surface area contributed by atoms with Gasteiger partial charge in [-0.1, -0.05) is 26.0 Å². The van der Waals surface area contributed by atoms with E-state index in [0.29, 0.717) is 30.2 Å². The van der Waals surface area contributed by atoms with Crippen molar-refractivity contribution in [2.24, 2.45) is 5.92 Å². The molecule has 1 saturated carbocycles. The van der Waals surface area contributed by atoms with E-state index in [1.165, 1.54) is 0 Å². The van der Waals surface area contributed by atoms with Crippen LogP contribution in [0.2, 0.25) is 0 Å².